The predicted octanol–water partition coefficient (Wildman–Crippen LogP) is 3.21. The van der Waals surface area contributed by atoms with Crippen LogP contribution in [-0.4, -0.2) is 29.6 Å². The average Bonchev–Trinajstić information content (AvgIpc) is 2.30. The fourth-order valence-electron chi connectivity index (χ4n) is 1.73. The standard InChI is InChI=1S/C13H20BrNO/c1-3-15(4-2)9-8-13(16)11-6-5-7-12(14)10-11/h5-7,10,13,16H,3-4,8-9H2,1-2H3. The molecule has 0 aliphatic carbocycles. The first-order valence-electron chi connectivity index (χ1n) is 5.83. The Hall–Kier alpha value is -0.380. The highest BCUT2D eigenvalue weighted by atomic mass is 79.9. The molecule has 0 fully saturated rings. The number of aliphatic hydroxyl groups is 1. The molecule has 1 aromatic rings. The smallest absolute Gasteiger partial charge is 0.0802 e. The van der Waals surface area contributed by atoms with Gasteiger partial charge in [0.2, 0.25) is 0 Å². The molecular weight excluding hydrogens is 266 g/mol. The number of hydrogen-bond acceptors (Lipinski definition) is 2. The van der Waals surface area contributed by atoms with Crippen LogP contribution in [0.15, 0.2) is 28.7 Å². The first-order valence-corrected chi connectivity index (χ1v) is 6.62. The van der Waals surface area contributed by atoms with Crippen molar-refractivity contribution in [2.24, 2.45) is 0 Å². The monoisotopic (exact) mass is 285 g/mol. The van der Waals surface area contributed by atoms with Crippen LogP contribution in [0.1, 0.15) is 31.9 Å². The molecule has 0 amide bonds. The van der Waals surface area contributed by atoms with Crippen molar-refractivity contribution in [3.8, 4) is 0 Å². The summed E-state index contributed by atoms with van der Waals surface area (Å²) in [6.45, 7) is 7.33. The van der Waals surface area contributed by atoms with Gasteiger partial charge in [0.15, 0.2) is 0 Å². The van der Waals surface area contributed by atoms with E-state index in [1.807, 2.05) is 24.3 Å². The fraction of sp³-hybridized carbons (Fsp3) is 0.538. The van der Waals surface area contributed by atoms with Gasteiger partial charge in [0.1, 0.15) is 0 Å². The Balaban J connectivity index is 2.49. The lowest BCUT2D eigenvalue weighted by molar-refractivity contribution is 0.145. The van der Waals surface area contributed by atoms with E-state index in [1.165, 1.54) is 0 Å². The van der Waals surface area contributed by atoms with Crippen LogP contribution in [0.25, 0.3) is 0 Å². The summed E-state index contributed by atoms with van der Waals surface area (Å²) in [5.74, 6) is 0. The predicted molar refractivity (Wildman–Crippen MR) is 71.5 cm³/mol. The van der Waals surface area contributed by atoms with E-state index in [2.05, 4.69) is 34.7 Å². The van der Waals surface area contributed by atoms with Crippen molar-refractivity contribution in [2.75, 3.05) is 19.6 Å². The lowest BCUT2D eigenvalue weighted by Gasteiger charge is -2.20. The quantitative estimate of drug-likeness (QED) is 0.868. The lowest BCUT2D eigenvalue weighted by Crippen LogP contribution is -2.25. The van der Waals surface area contributed by atoms with Gasteiger partial charge in [-0.2, -0.15) is 0 Å². The molecule has 16 heavy (non-hydrogen) atoms. The maximum atomic E-state index is 10.0. The second kappa shape index (κ2) is 7.05. The van der Waals surface area contributed by atoms with E-state index in [-0.39, 0.29) is 6.10 Å². The molecule has 0 bridgehead atoms. The van der Waals surface area contributed by atoms with Crippen LogP contribution in [0.2, 0.25) is 0 Å². The highest BCUT2D eigenvalue weighted by Crippen LogP contribution is 2.20. The molecule has 0 spiro atoms. The number of aliphatic hydroxyl groups excluding tert-OH is 1. The SMILES string of the molecule is CCN(CC)CCC(O)c1cccc(Br)c1. The Kier molecular flexibility index (Phi) is 6.03. The molecular formula is C13H20BrNO. The summed E-state index contributed by atoms with van der Waals surface area (Å²) in [5.41, 5.74) is 0.988. The van der Waals surface area contributed by atoms with E-state index in [0.29, 0.717) is 0 Å². The summed E-state index contributed by atoms with van der Waals surface area (Å²) >= 11 is 3.42. The molecule has 0 heterocycles. The van der Waals surface area contributed by atoms with Crippen molar-refractivity contribution in [1.29, 1.82) is 0 Å². The van der Waals surface area contributed by atoms with Gasteiger partial charge in [-0.25, -0.2) is 0 Å². The zero-order chi connectivity index (χ0) is 12.0. The largest absolute Gasteiger partial charge is 0.388 e. The van der Waals surface area contributed by atoms with Gasteiger partial charge in [0.25, 0.3) is 0 Å². The molecule has 0 radical (unpaired) electrons. The maximum Gasteiger partial charge on any atom is 0.0802 e. The minimum Gasteiger partial charge on any atom is -0.388 e. The van der Waals surface area contributed by atoms with Gasteiger partial charge in [-0.1, -0.05) is 41.9 Å². The van der Waals surface area contributed by atoms with Crippen molar-refractivity contribution >= 4 is 15.9 Å². The molecule has 0 aliphatic heterocycles. The van der Waals surface area contributed by atoms with Gasteiger partial charge >= 0.3 is 0 Å². The van der Waals surface area contributed by atoms with Crippen LogP contribution in [0.5, 0.6) is 0 Å². The summed E-state index contributed by atoms with van der Waals surface area (Å²) in [4.78, 5) is 2.32. The van der Waals surface area contributed by atoms with Gasteiger partial charge in [0.05, 0.1) is 6.10 Å². The van der Waals surface area contributed by atoms with Crippen LogP contribution < -0.4 is 0 Å². The zero-order valence-electron chi connectivity index (χ0n) is 9.99. The highest BCUT2D eigenvalue weighted by molar-refractivity contribution is 9.10. The topological polar surface area (TPSA) is 23.5 Å². The summed E-state index contributed by atoms with van der Waals surface area (Å²) < 4.78 is 1.02. The number of benzene rings is 1. The Morgan fingerprint density at radius 3 is 2.56 bits per heavy atom. The van der Waals surface area contributed by atoms with Crippen LogP contribution in [0.4, 0.5) is 0 Å². The van der Waals surface area contributed by atoms with Crippen molar-refractivity contribution in [2.45, 2.75) is 26.4 Å². The zero-order valence-corrected chi connectivity index (χ0v) is 11.6. The molecule has 0 aliphatic rings. The summed E-state index contributed by atoms with van der Waals surface area (Å²) in [5, 5.41) is 10.0. The van der Waals surface area contributed by atoms with E-state index in [1.54, 1.807) is 0 Å². The van der Waals surface area contributed by atoms with Crippen LogP contribution in [-0.2, 0) is 0 Å². The van der Waals surface area contributed by atoms with Crippen molar-refractivity contribution in [3.63, 3.8) is 0 Å². The molecule has 90 valence electrons. The molecule has 1 atom stereocenters. The minimum absolute atomic E-state index is 0.363. The molecule has 0 aromatic heterocycles. The number of hydrogen-bond donors (Lipinski definition) is 1. The van der Waals surface area contributed by atoms with Crippen LogP contribution in [0, 0.1) is 0 Å². The van der Waals surface area contributed by atoms with Crippen molar-refractivity contribution in [1.82, 2.24) is 4.90 Å². The molecule has 0 saturated heterocycles. The van der Waals surface area contributed by atoms with E-state index in [4.69, 9.17) is 0 Å². The first kappa shape index (κ1) is 13.7. The van der Waals surface area contributed by atoms with Crippen LogP contribution >= 0.6 is 15.9 Å². The van der Waals surface area contributed by atoms with Crippen LogP contribution in [0.3, 0.4) is 0 Å². The number of rotatable bonds is 6. The van der Waals surface area contributed by atoms with E-state index < -0.39 is 0 Å². The number of nitrogens with zero attached hydrogens (tertiary/aromatic N) is 1. The third-order valence-corrected chi connectivity index (χ3v) is 3.34. The van der Waals surface area contributed by atoms with E-state index in [0.717, 1.165) is 36.1 Å². The molecule has 1 unspecified atom stereocenters. The Morgan fingerprint density at radius 1 is 1.31 bits per heavy atom. The molecule has 2 nitrogen and oxygen atoms in total. The van der Waals surface area contributed by atoms with Gasteiger partial charge in [-0.3, -0.25) is 0 Å². The molecule has 1 aromatic carbocycles. The summed E-state index contributed by atoms with van der Waals surface area (Å²) in [7, 11) is 0. The van der Waals surface area contributed by atoms with Gasteiger partial charge in [0, 0.05) is 11.0 Å². The summed E-state index contributed by atoms with van der Waals surface area (Å²) in [6, 6.07) is 7.88. The molecule has 3 heteroatoms. The maximum absolute atomic E-state index is 10.0. The Labute approximate surface area is 106 Å². The molecule has 1 rings (SSSR count). The second-order valence-electron chi connectivity index (χ2n) is 3.89. The Morgan fingerprint density at radius 2 is 2.00 bits per heavy atom. The molecule has 1 N–H and O–H groups in total. The molecule has 0 saturated carbocycles. The van der Waals surface area contributed by atoms with Gasteiger partial charge in [-0.05, 0) is 37.2 Å². The average molecular weight is 286 g/mol. The van der Waals surface area contributed by atoms with Crippen molar-refractivity contribution in [3.05, 3.63) is 34.3 Å². The normalized spacial score (nSPS) is 13.1. The Bertz CT molecular complexity index is 313. The van der Waals surface area contributed by atoms with Crippen molar-refractivity contribution < 1.29 is 5.11 Å². The van der Waals surface area contributed by atoms with E-state index >= 15 is 0 Å². The number of halogens is 1. The van der Waals surface area contributed by atoms with Gasteiger partial charge < -0.3 is 10.0 Å². The minimum atomic E-state index is -0.363. The lowest BCUT2D eigenvalue weighted by atomic mass is 10.1. The van der Waals surface area contributed by atoms with Gasteiger partial charge in [-0.15, -0.1) is 0 Å². The third kappa shape index (κ3) is 4.24. The summed E-state index contributed by atoms with van der Waals surface area (Å²) in [6.07, 6.45) is 0.427. The first-order chi connectivity index (χ1) is 7.67. The van der Waals surface area contributed by atoms with E-state index in [9.17, 15) is 5.11 Å². The fourth-order valence-corrected chi connectivity index (χ4v) is 2.14. The highest BCUT2D eigenvalue weighted by Gasteiger charge is 2.09. The third-order valence-electron chi connectivity index (χ3n) is 2.85. The second-order valence-corrected chi connectivity index (χ2v) is 4.80.